The normalized spacial score (nSPS) is 16.4. The molecule has 154 valence electrons. The predicted octanol–water partition coefficient (Wildman–Crippen LogP) is 2.40. The summed E-state index contributed by atoms with van der Waals surface area (Å²) in [5, 5.41) is 2.88. The molecule has 1 fully saturated rings. The summed E-state index contributed by atoms with van der Waals surface area (Å²) in [5.41, 5.74) is 0.757. The molecule has 1 N–H and O–H groups in total. The number of ether oxygens (including phenoxy) is 3. The SMILES string of the molecule is COc1cccc(N2CC(CNC(=O)CCCOc3ccccc3)OCC2=O)c1. The minimum absolute atomic E-state index is 0.0112. The van der Waals surface area contributed by atoms with Crippen molar-refractivity contribution in [1.29, 1.82) is 0 Å². The van der Waals surface area contributed by atoms with E-state index in [2.05, 4.69) is 5.32 Å². The first-order valence-electron chi connectivity index (χ1n) is 9.66. The van der Waals surface area contributed by atoms with Crippen LogP contribution in [-0.2, 0) is 14.3 Å². The molecular formula is C22H26N2O5. The van der Waals surface area contributed by atoms with Gasteiger partial charge in [-0.05, 0) is 30.7 Å². The summed E-state index contributed by atoms with van der Waals surface area (Å²) in [7, 11) is 1.59. The fraction of sp³-hybridized carbons (Fsp3) is 0.364. The van der Waals surface area contributed by atoms with E-state index >= 15 is 0 Å². The van der Waals surface area contributed by atoms with Crippen LogP contribution in [0, 0.1) is 0 Å². The van der Waals surface area contributed by atoms with Gasteiger partial charge in [0.25, 0.3) is 5.91 Å². The van der Waals surface area contributed by atoms with Crippen LogP contribution in [0.3, 0.4) is 0 Å². The molecule has 2 amide bonds. The van der Waals surface area contributed by atoms with E-state index in [1.165, 1.54) is 0 Å². The van der Waals surface area contributed by atoms with Crippen LogP contribution in [0.15, 0.2) is 54.6 Å². The van der Waals surface area contributed by atoms with Gasteiger partial charge in [0.05, 0.1) is 26.4 Å². The topological polar surface area (TPSA) is 77.1 Å². The summed E-state index contributed by atoms with van der Waals surface area (Å²) < 4.78 is 16.4. The minimum atomic E-state index is -0.261. The maximum atomic E-state index is 12.2. The van der Waals surface area contributed by atoms with Crippen molar-refractivity contribution >= 4 is 17.5 Å². The van der Waals surface area contributed by atoms with Crippen molar-refractivity contribution in [1.82, 2.24) is 5.32 Å². The highest BCUT2D eigenvalue weighted by Gasteiger charge is 2.27. The zero-order valence-electron chi connectivity index (χ0n) is 16.5. The first-order chi connectivity index (χ1) is 14.2. The fourth-order valence-corrected chi connectivity index (χ4v) is 3.03. The summed E-state index contributed by atoms with van der Waals surface area (Å²) in [4.78, 5) is 26.0. The van der Waals surface area contributed by atoms with Gasteiger partial charge in [0.2, 0.25) is 5.91 Å². The monoisotopic (exact) mass is 398 g/mol. The van der Waals surface area contributed by atoms with Crippen LogP contribution in [0.4, 0.5) is 5.69 Å². The zero-order chi connectivity index (χ0) is 20.5. The van der Waals surface area contributed by atoms with Crippen molar-refractivity contribution < 1.29 is 23.8 Å². The molecule has 3 rings (SSSR count). The van der Waals surface area contributed by atoms with Gasteiger partial charge in [-0.1, -0.05) is 24.3 Å². The third-order valence-corrected chi connectivity index (χ3v) is 4.58. The molecule has 0 saturated carbocycles. The maximum Gasteiger partial charge on any atom is 0.253 e. The molecule has 29 heavy (non-hydrogen) atoms. The molecule has 2 aromatic rings. The van der Waals surface area contributed by atoms with Crippen LogP contribution in [-0.4, -0.2) is 51.3 Å². The van der Waals surface area contributed by atoms with Gasteiger partial charge < -0.3 is 24.4 Å². The zero-order valence-corrected chi connectivity index (χ0v) is 16.5. The van der Waals surface area contributed by atoms with Gasteiger partial charge in [-0.25, -0.2) is 0 Å². The molecular weight excluding hydrogens is 372 g/mol. The molecule has 0 bridgehead atoms. The lowest BCUT2D eigenvalue weighted by Gasteiger charge is -2.33. The first-order valence-corrected chi connectivity index (χ1v) is 9.66. The number of para-hydroxylation sites is 1. The van der Waals surface area contributed by atoms with Gasteiger partial charge in [0.15, 0.2) is 0 Å². The quantitative estimate of drug-likeness (QED) is 0.657. The highest BCUT2D eigenvalue weighted by molar-refractivity contribution is 5.95. The number of amides is 2. The summed E-state index contributed by atoms with van der Waals surface area (Å²) >= 11 is 0. The Hall–Kier alpha value is -3.06. The van der Waals surface area contributed by atoms with Crippen molar-refractivity contribution in [3.8, 4) is 11.5 Å². The van der Waals surface area contributed by atoms with E-state index in [9.17, 15) is 9.59 Å². The second-order valence-electron chi connectivity index (χ2n) is 6.71. The van der Waals surface area contributed by atoms with Crippen molar-refractivity contribution in [2.45, 2.75) is 18.9 Å². The molecule has 7 nitrogen and oxygen atoms in total. The Morgan fingerprint density at radius 3 is 2.76 bits per heavy atom. The van der Waals surface area contributed by atoms with Crippen LogP contribution in [0.25, 0.3) is 0 Å². The number of nitrogens with zero attached hydrogens (tertiary/aromatic N) is 1. The van der Waals surface area contributed by atoms with Gasteiger partial charge >= 0.3 is 0 Å². The third kappa shape index (κ3) is 6.22. The number of hydrogen-bond acceptors (Lipinski definition) is 5. The van der Waals surface area contributed by atoms with Crippen LogP contribution >= 0.6 is 0 Å². The number of methoxy groups -OCH3 is 1. The number of carbonyl (C=O) groups excluding carboxylic acids is 2. The highest BCUT2D eigenvalue weighted by Crippen LogP contribution is 2.23. The molecule has 1 unspecified atom stereocenters. The highest BCUT2D eigenvalue weighted by atomic mass is 16.5. The molecule has 1 saturated heterocycles. The van der Waals surface area contributed by atoms with E-state index in [0.29, 0.717) is 38.3 Å². The summed E-state index contributed by atoms with van der Waals surface area (Å²) in [6.07, 6.45) is 0.738. The average Bonchev–Trinajstić information content (AvgIpc) is 2.77. The summed E-state index contributed by atoms with van der Waals surface area (Å²) in [6.45, 7) is 1.20. The Balaban J connectivity index is 1.40. The lowest BCUT2D eigenvalue weighted by Crippen LogP contribution is -2.50. The summed E-state index contributed by atoms with van der Waals surface area (Å²) in [6, 6.07) is 16.8. The standard InChI is InChI=1S/C22H26N2O5/c1-27-19-10-5-7-17(13-19)24-15-20(29-16-22(24)26)14-23-21(25)11-6-12-28-18-8-3-2-4-9-18/h2-5,7-10,13,20H,6,11-12,14-16H2,1H3,(H,23,25). The second-order valence-corrected chi connectivity index (χ2v) is 6.71. The molecule has 2 aromatic carbocycles. The molecule has 0 spiro atoms. The van der Waals surface area contributed by atoms with Crippen molar-refractivity contribution in [3.63, 3.8) is 0 Å². The number of rotatable bonds is 9. The molecule has 0 radical (unpaired) electrons. The molecule has 7 heteroatoms. The van der Waals surface area contributed by atoms with E-state index in [4.69, 9.17) is 14.2 Å². The number of morpholine rings is 1. The Labute approximate surface area is 170 Å². The third-order valence-electron chi connectivity index (χ3n) is 4.58. The van der Waals surface area contributed by atoms with E-state index in [0.717, 1.165) is 11.4 Å². The van der Waals surface area contributed by atoms with Gasteiger partial charge in [-0.2, -0.15) is 0 Å². The molecule has 0 aromatic heterocycles. The molecule has 1 heterocycles. The molecule has 0 aliphatic carbocycles. The van der Waals surface area contributed by atoms with Crippen LogP contribution in [0.2, 0.25) is 0 Å². The van der Waals surface area contributed by atoms with Gasteiger partial charge in [-0.3, -0.25) is 9.59 Å². The maximum absolute atomic E-state index is 12.2. The fourth-order valence-electron chi connectivity index (χ4n) is 3.03. The second kappa shape index (κ2) is 10.5. The van der Waals surface area contributed by atoms with Gasteiger partial charge in [0, 0.05) is 24.7 Å². The number of hydrogen-bond donors (Lipinski definition) is 1. The van der Waals surface area contributed by atoms with E-state index in [1.54, 1.807) is 12.0 Å². The first kappa shape index (κ1) is 20.7. The van der Waals surface area contributed by atoms with Crippen molar-refractivity contribution in [2.24, 2.45) is 0 Å². The minimum Gasteiger partial charge on any atom is -0.497 e. The van der Waals surface area contributed by atoms with Gasteiger partial charge in [-0.15, -0.1) is 0 Å². The van der Waals surface area contributed by atoms with Crippen LogP contribution in [0.5, 0.6) is 11.5 Å². The number of carbonyl (C=O) groups is 2. The van der Waals surface area contributed by atoms with E-state index in [1.807, 2.05) is 54.6 Å². The molecule has 1 atom stereocenters. The number of benzene rings is 2. The number of nitrogens with one attached hydrogen (secondary N) is 1. The average molecular weight is 398 g/mol. The van der Waals surface area contributed by atoms with Gasteiger partial charge in [0.1, 0.15) is 18.1 Å². The Bertz CT molecular complexity index is 812. The Morgan fingerprint density at radius 1 is 1.17 bits per heavy atom. The largest absolute Gasteiger partial charge is 0.497 e. The number of anilines is 1. The Kier molecular flexibility index (Phi) is 7.47. The van der Waals surface area contributed by atoms with Crippen molar-refractivity contribution in [2.75, 3.05) is 38.3 Å². The molecule has 1 aliphatic rings. The molecule has 1 aliphatic heterocycles. The smallest absolute Gasteiger partial charge is 0.253 e. The van der Waals surface area contributed by atoms with Crippen LogP contribution in [0.1, 0.15) is 12.8 Å². The lowest BCUT2D eigenvalue weighted by molar-refractivity contribution is -0.129. The predicted molar refractivity (Wildman–Crippen MR) is 109 cm³/mol. The lowest BCUT2D eigenvalue weighted by atomic mass is 10.2. The van der Waals surface area contributed by atoms with E-state index in [-0.39, 0.29) is 24.5 Å². The van der Waals surface area contributed by atoms with Crippen LogP contribution < -0.4 is 19.7 Å². The summed E-state index contributed by atoms with van der Waals surface area (Å²) in [5.74, 6) is 1.31. The van der Waals surface area contributed by atoms with Crippen molar-refractivity contribution in [3.05, 3.63) is 54.6 Å². The van der Waals surface area contributed by atoms with E-state index < -0.39 is 0 Å². The Morgan fingerprint density at radius 2 is 1.97 bits per heavy atom.